The molecule has 1 aliphatic carbocycles. The Morgan fingerprint density at radius 2 is 2.00 bits per heavy atom. The Hall–Kier alpha value is -2.81. The fourth-order valence-electron chi connectivity index (χ4n) is 5.11. The van der Waals surface area contributed by atoms with E-state index < -0.39 is 22.2 Å². The predicted octanol–water partition coefficient (Wildman–Crippen LogP) is -0.464. The number of benzene rings is 1. The van der Waals surface area contributed by atoms with Gasteiger partial charge >= 0.3 is 5.91 Å². The smallest absolute Gasteiger partial charge is 0.344 e. The Morgan fingerprint density at radius 3 is 2.52 bits per heavy atom. The maximum Gasteiger partial charge on any atom is 0.344 e. The third-order valence-corrected chi connectivity index (χ3v) is 6.37. The number of nitrogens with zero attached hydrogens (tertiary/aromatic N) is 2. The largest absolute Gasteiger partial charge is 0.497 e. The lowest BCUT2D eigenvalue weighted by atomic mass is 9.84. The highest BCUT2D eigenvalue weighted by molar-refractivity contribution is 5.97. The number of fused-ring (bicyclic) bond motifs is 2. The van der Waals surface area contributed by atoms with Crippen molar-refractivity contribution in [2.45, 2.75) is 31.3 Å². The summed E-state index contributed by atoms with van der Waals surface area (Å²) >= 11 is 0. The molecule has 1 spiro atoms. The van der Waals surface area contributed by atoms with Gasteiger partial charge in [0.25, 0.3) is 5.84 Å². The van der Waals surface area contributed by atoms with Gasteiger partial charge in [0.15, 0.2) is 10.8 Å². The number of hydrogen-bond acceptors (Lipinski definition) is 7. The van der Waals surface area contributed by atoms with Crippen LogP contribution >= 0.6 is 0 Å². The molecule has 8 nitrogen and oxygen atoms in total. The lowest BCUT2D eigenvalue weighted by Crippen LogP contribution is -2.90. The van der Waals surface area contributed by atoms with Crippen LogP contribution in [0.1, 0.15) is 19.4 Å². The molecule has 1 saturated carbocycles. The first-order valence-electron chi connectivity index (χ1n) is 8.62. The van der Waals surface area contributed by atoms with E-state index in [4.69, 9.17) is 24.7 Å². The number of rotatable bonds is 3. The summed E-state index contributed by atoms with van der Waals surface area (Å²) in [7, 11) is 3.09. The molecule has 3 N–H and O–H groups in total. The van der Waals surface area contributed by atoms with Gasteiger partial charge in [-0.25, -0.2) is 4.99 Å². The van der Waals surface area contributed by atoms with Gasteiger partial charge in [-0.3, -0.25) is 5.73 Å². The lowest BCUT2D eigenvalue weighted by Gasteiger charge is -2.28. The van der Waals surface area contributed by atoms with Crippen molar-refractivity contribution in [1.29, 1.82) is 10.5 Å². The van der Waals surface area contributed by atoms with E-state index in [2.05, 4.69) is 17.1 Å². The van der Waals surface area contributed by atoms with Crippen LogP contribution < -0.4 is 20.2 Å². The molecule has 2 fully saturated rings. The van der Waals surface area contributed by atoms with Crippen molar-refractivity contribution in [3.63, 3.8) is 0 Å². The van der Waals surface area contributed by atoms with E-state index in [1.54, 1.807) is 25.3 Å². The number of amidine groups is 1. The van der Waals surface area contributed by atoms with Gasteiger partial charge in [0.1, 0.15) is 11.5 Å². The standard InChI is InChI=1S/C19H20N4O4/c1-11-8-26-19(27-11)18(10-21)16(2,17(18,9-20)15(22)23-19)13-7-12(24-3)5-6-14(13)25-4/h5-7,11H,8H2,1-4H3,(H2,22,23)/p+1/t11-,16-,17-,18+,19+/m0/s1. The molecule has 3 aliphatic rings. The zero-order valence-corrected chi connectivity index (χ0v) is 15.6. The second-order valence-corrected chi connectivity index (χ2v) is 7.31. The SMILES string of the molecule is COc1ccc(OC)c([C@@]2(C)[C@]3(C#N)C(N)=[NH+][C@@]4(OC[C@H](C)O4)[C@@]32C#N)c1. The number of hydrogen-bond donors (Lipinski definition) is 2. The monoisotopic (exact) mass is 369 g/mol. The second kappa shape index (κ2) is 5.13. The van der Waals surface area contributed by atoms with Gasteiger partial charge in [0, 0.05) is 5.56 Å². The van der Waals surface area contributed by atoms with Crippen LogP contribution in [0.2, 0.25) is 0 Å². The highest BCUT2D eigenvalue weighted by Gasteiger charge is 3.04. The average Bonchev–Trinajstić information content (AvgIpc) is 2.85. The van der Waals surface area contributed by atoms with Crippen molar-refractivity contribution < 1.29 is 23.9 Å². The molecule has 140 valence electrons. The van der Waals surface area contributed by atoms with E-state index in [1.165, 1.54) is 7.11 Å². The molecular weight excluding hydrogens is 348 g/mol. The van der Waals surface area contributed by atoms with E-state index in [0.29, 0.717) is 17.1 Å². The molecule has 1 saturated heterocycles. The summed E-state index contributed by atoms with van der Waals surface area (Å²) in [5.41, 5.74) is 3.16. The predicted molar refractivity (Wildman–Crippen MR) is 92.4 cm³/mol. The molecule has 0 aromatic heterocycles. The summed E-state index contributed by atoms with van der Waals surface area (Å²) in [4.78, 5) is 2.97. The topological polar surface area (TPSA) is 124 Å². The molecule has 0 unspecified atom stereocenters. The Kier molecular flexibility index (Phi) is 3.34. The van der Waals surface area contributed by atoms with E-state index in [1.807, 2.05) is 13.8 Å². The summed E-state index contributed by atoms with van der Waals surface area (Å²) < 4.78 is 22.8. The van der Waals surface area contributed by atoms with Crippen molar-refractivity contribution in [3.8, 4) is 23.6 Å². The van der Waals surface area contributed by atoms with E-state index in [0.717, 1.165) is 0 Å². The van der Waals surface area contributed by atoms with Gasteiger partial charge in [0.05, 0.1) is 44.5 Å². The van der Waals surface area contributed by atoms with E-state index in [9.17, 15) is 10.5 Å². The number of nitrogens with two attached hydrogens (primary N) is 1. The van der Waals surface area contributed by atoms with Gasteiger partial charge in [0.2, 0.25) is 0 Å². The molecule has 2 heterocycles. The van der Waals surface area contributed by atoms with E-state index >= 15 is 0 Å². The zero-order chi connectivity index (χ0) is 19.7. The summed E-state index contributed by atoms with van der Waals surface area (Å²) in [6.45, 7) is 3.95. The normalized spacial score (nSPS) is 41.4. The van der Waals surface area contributed by atoms with E-state index in [-0.39, 0.29) is 18.5 Å². The van der Waals surface area contributed by atoms with Gasteiger partial charge in [-0.15, -0.1) is 0 Å². The Bertz CT molecular complexity index is 950. The molecule has 27 heavy (non-hydrogen) atoms. The van der Waals surface area contributed by atoms with Crippen LogP contribution in [-0.2, 0) is 14.9 Å². The molecule has 8 heteroatoms. The van der Waals surface area contributed by atoms with Crippen LogP contribution in [-0.4, -0.2) is 38.7 Å². The van der Waals surface area contributed by atoms with Gasteiger partial charge in [-0.2, -0.15) is 10.5 Å². The lowest BCUT2D eigenvalue weighted by molar-refractivity contribution is -0.679. The van der Waals surface area contributed by atoms with Crippen LogP contribution in [0.25, 0.3) is 0 Å². The van der Waals surface area contributed by atoms with Gasteiger partial charge in [-0.1, -0.05) is 6.92 Å². The molecule has 5 atom stereocenters. The van der Waals surface area contributed by atoms with Crippen molar-refractivity contribution in [2.75, 3.05) is 20.8 Å². The maximum atomic E-state index is 10.3. The summed E-state index contributed by atoms with van der Waals surface area (Å²) in [5, 5.41) is 20.5. The molecule has 0 radical (unpaired) electrons. The minimum absolute atomic E-state index is 0.160. The van der Waals surface area contributed by atoms with Crippen molar-refractivity contribution in [1.82, 2.24) is 0 Å². The molecule has 4 rings (SSSR count). The van der Waals surface area contributed by atoms with Crippen LogP contribution in [0.15, 0.2) is 18.2 Å². The molecule has 0 amide bonds. The minimum Gasteiger partial charge on any atom is -0.497 e. The first-order valence-corrected chi connectivity index (χ1v) is 8.62. The fourth-order valence-corrected chi connectivity index (χ4v) is 5.11. The molecule has 1 aromatic rings. The molecular formula is C19H21N4O4+. The fraction of sp³-hybridized carbons (Fsp3) is 0.526. The third-order valence-electron chi connectivity index (χ3n) is 6.37. The summed E-state index contributed by atoms with van der Waals surface area (Å²) in [6, 6.07) is 9.91. The summed E-state index contributed by atoms with van der Waals surface area (Å²) in [6.07, 6.45) is -0.248. The maximum absolute atomic E-state index is 10.3. The second-order valence-electron chi connectivity index (χ2n) is 7.31. The quantitative estimate of drug-likeness (QED) is 0.738. The highest BCUT2D eigenvalue weighted by atomic mass is 16.8. The number of nitriles is 2. The highest BCUT2D eigenvalue weighted by Crippen LogP contribution is 2.83. The number of ether oxygens (including phenoxy) is 4. The van der Waals surface area contributed by atoms with Crippen LogP contribution in [0.3, 0.4) is 0 Å². The first kappa shape index (κ1) is 17.6. The van der Waals surface area contributed by atoms with Crippen LogP contribution in [0, 0.1) is 33.5 Å². The molecule has 0 bridgehead atoms. The number of nitrogens with one attached hydrogen (secondary N) is 1. The number of methoxy groups -OCH3 is 2. The van der Waals surface area contributed by atoms with Crippen LogP contribution in [0.5, 0.6) is 11.5 Å². The molecule has 1 aromatic carbocycles. The third kappa shape index (κ3) is 1.54. The Morgan fingerprint density at radius 1 is 1.26 bits per heavy atom. The zero-order valence-electron chi connectivity index (χ0n) is 15.6. The average molecular weight is 369 g/mol. The van der Waals surface area contributed by atoms with Crippen molar-refractivity contribution in [2.24, 2.45) is 16.6 Å². The van der Waals surface area contributed by atoms with Crippen molar-refractivity contribution in [3.05, 3.63) is 23.8 Å². The Balaban J connectivity index is 2.02. The first-order chi connectivity index (χ1) is 12.8. The Labute approximate surface area is 157 Å². The molecule has 2 aliphatic heterocycles. The summed E-state index contributed by atoms with van der Waals surface area (Å²) in [5.74, 6) is -0.219. The minimum atomic E-state index is -1.50. The van der Waals surface area contributed by atoms with Gasteiger partial charge in [-0.05, 0) is 25.1 Å². The van der Waals surface area contributed by atoms with Gasteiger partial charge < -0.3 is 18.9 Å². The van der Waals surface area contributed by atoms with Crippen molar-refractivity contribution >= 4 is 5.84 Å². The van der Waals surface area contributed by atoms with Crippen LogP contribution in [0.4, 0.5) is 0 Å².